The van der Waals surface area contributed by atoms with Gasteiger partial charge >= 0.3 is 0 Å². The number of ether oxygens (including phenoxy) is 2. The number of rotatable bonds is 6. The van der Waals surface area contributed by atoms with Gasteiger partial charge in [-0.05, 0) is 25.1 Å². The van der Waals surface area contributed by atoms with Crippen LogP contribution in [0.1, 0.15) is 17.3 Å². The number of nitrogens with one attached hydrogen (secondary N) is 1. The summed E-state index contributed by atoms with van der Waals surface area (Å²) in [5.74, 6) is 2.69. The van der Waals surface area contributed by atoms with Crippen LogP contribution in [0.25, 0.3) is 0 Å². The van der Waals surface area contributed by atoms with Gasteiger partial charge in [0, 0.05) is 5.56 Å². The first-order valence-electron chi connectivity index (χ1n) is 5.60. The number of carbonyl (C=O) groups excluding carboxylic acids is 2. The minimum atomic E-state index is -0.323. The highest BCUT2D eigenvalue weighted by molar-refractivity contribution is 5.94. The average Bonchev–Trinajstić information content (AvgIpc) is 2.42. The fourth-order valence-electron chi connectivity index (χ4n) is 1.35. The van der Waals surface area contributed by atoms with Crippen LogP contribution in [0.4, 0.5) is 0 Å². The Kier molecular flexibility index (Phi) is 5.42. The molecule has 100 valence electrons. The molecule has 0 radical (unpaired) electrons. The number of methoxy groups -OCH3 is 1. The van der Waals surface area contributed by atoms with Crippen LogP contribution in [-0.2, 0) is 4.79 Å². The standard InChI is InChI=1S/C14H15NO4/c1-4-7-15-14(17)9-19-12-6-5-11(10(2)16)8-13(12)18-3/h1,5-6,8H,7,9H2,2-3H3,(H,15,17). The maximum Gasteiger partial charge on any atom is 0.258 e. The summed E-state index contributed by atoms with van der Waals surface area (Å²) in [5, 5.41) is 2.47. The Hall–Kier alpha value is -2.48. The predicted molar refractivity (Wildman–Crippen MR) is 70.3 cm³/mol. The minimum absolute atomic E-state index is 0.0726. The van der Waals surface area contributed by atoms with Crippen LogP contribution in [-0.4, -0.2) is 32.0 Å². The Morgan fingerprint density at radius 3 is 2.68 bits per heavy atom. The molecule has 1 aromatic carbocycles. The number of amides is 1. The number of Topliss-reactive ketones (excluding diaryl/α,β-unsaturated/α-hetero) is 1. The number of terminal acetylenes is 1. The molecule has 0 saturated heterocycles. The minimum Gasteiger partial charge on any atom is -0.493 e. The van der Waals surface area contributed by atoms with E-state index in [1.165, 1.54) is 14.0 Å². The van der Waals surface area contributed by atoms with Crippen LogP contribution in [0.5, 0.6) is 11.5 Å². The normalized spacial score (nSPS) is 9.32. The van der Waals surface area contributed by atoms with E-state index in [0.29, 0.717) is 17.1 Å². The van der Waals surface area contributed by atoms with E-state index in [4.69, 9.17) is 15.9 Å². The molecule has 0 aliphatic heterocycles. The van der Waals surface area contributed by atoms with Gasteiger partial charge in [0.2, 0.25) is 0 Å². The molecular weight excluding hydrogens is 246 g/mol. The molecule has 0 heterocycles. The molecule has 0 aliphatic rings. The Morgan fingerprint density at radius 2 is 2.11 bits per heavy atom. The first-order valence-corrected chi connectivity index (χ1v) is 5.60. The van der Waals surface area contributed by atoms with Crippen molar-refractivity contribution < 1.29 is 19.1 Å². The van der Waals surface area contributed by atoms with Gasteiger partial charge in [0.1, 0.15) is 0 Å². The van der Waals surface area contributed by atoms with Crippen LogP contribution in [0.3, 0.4) is 0 Å². The van der Waals surface area contributed by atoms with Gasteiger partial charge in [-0.3, -0.25) is 9.59 Å². The Labute approximate surface area is 111 Å². The Morgan fingerprint density at radius 1 is 1.37 bits per heavy atom. The zero-order valence-corrected chi connectivity index (χ0v) is 10.9. The van der Waals surface area contributed by atoms with Crippen molar-refractivity contribution in [3.8, 4) is 23.8 Å². The van der Waals surface area contributed by atoms with E-state index >= 15 is 0 Å². The molecule has 5 nitrogen and oxygen atoms in total. The third-order valence-electron chi connectivity index (χ3n) is 2.32. The summed E-state index contributed by atoms with van der Waals surface area (Å²) in [6.07, 6.45) is 5.02. The molecule has 1 rings (SSSR count). The molecule has 0 aliphatic carbocycles. The molecule has 0 saturated carbocycles. The van der Waals surface area contributed by atoms with Gasteiger partial charge < -0.3 is 14.8 Å². The summed E-state index contributed by atoms with van der Waals surface area (Å²) in [6.45, 7) is 1.45. The first kappa shape index (κ1) is 14.6. The molecule has 1 aromatic rings. The maximum absolute atomic E-state index is 11.3. The van der Waals surface area contributed by atoms with Crippen molar-refractivity contribution in [3.05, 3.63) is 23.8 Å². The summed E-state index contributed by atoms with van der Waals surface area (Å²) >= 11 is 0. The smallest absolute Gasteiger partial charge is 0.258 e. The topological polar surface area (TPSA) is 64.6 Å². The molecule has 1 amide bonds. The molecule has 0 spiro atoms. The lowest BCUT2D eigenvalue weighted by Crippen LogP contribution is -2.29. The van der Waals surface area contributed by atoms with Gasteiger partial charge in [0.25, 0.3) is 5.91 Å². The van der Waals surface area contributed by atoms with Crippen molar-refractivity contribution >= 4 is 11.7 Å². The fourth-order valence-corrected chi connectivity index (χ4v) is 1.35. The number of carbonyl (C=O) groups is 2. The molecular formula is C14H15NO4. The van der Waals surface area contributed by atoms with Crippen LogP contribution >= 0.6 is 0 Å². The fraction of sp³-hybridized carbons (Fsp3) is 0.286. The number of benzene rings is 1. The molecule has 5 heteroatoms. The molecule has 0 unspecified atom stereocenters. The summed E-state index contributed by atoms with van der Waals surface area (Å²) < 4.78 is 10.4. The van der Waals surface area contributed by atoms with Crippen molar-refractivity contribution in [3.63, 3.8) is 0 Å². The predicted octanol–water partition coefficient (Wildman–Crippen LogP) is 1.03. The summed E-state index contributed by atoms with van der Waals surface area (Å²) in [6, 6.07) is 4.76. The van der Waals surface area contributed by atoms with Crippen molar-refractivity contribution in [2.45, 2.75) is 6.92 Å². The van der Waals surface area contributed by atoms with E-state index in [9.17, 15) is 9.59 Å². The second kappa shape index (κ2) is 7.07. The second-order valence-electron chi connectivity index (χ2n) is 3.69. The Bertz CT molecular complexity index is 517. The zero-order valence-electron chi connectivity index (χ0n) is 10.9. The third-order valence-corrected chi connectivity index (χ3v) is 2.32. The lowest BCUT2D eigenvalue weighted by Gasteiger charge is -2.11. The van der Waals surface area contributed by atoms with Gasteiger partial charge in [0.15, 0.2) is 23.9 Å². The second-order valence-corrected chi connectivity index (χ2v) is 3.69. The number of hydrogen-bond acceptors (Lipinski definition) is 4. The molecule has 0 atom stereocenters. The van der Waals surface area contributed by atoms with Crippen LogP contribution < -0.4 is 14.8 Å². The maximum atomic E-state index is 11.3. The number of hydrogen-bond donors (Lipinski definition) is 1. The van der Waals surface area contributed by atoms with Crippen LogP contribution in [0, 0.1) is 12.3 Å². The summed E-state index contributed by atoms with van der Waals surface area (Å²) in [5.41, 5.74) is 0.515. The highest BCUT2D eigenvalue weighted by atomic mass is 16.5. The van der Waals surface area contributed by atoms with E-state index in [1.54, 1.807) is 18.2 Å². The molecule has 1 N–H and O–H groups in total. The molecule has 19 heavy (non-hydrogen) atoms. The van der Waals surface area contributed by atoms with Crippen LogP contribution in [0.15, 0.2) is 18.2 Å². The Balaban J connectivity index is 2.71. The van der Waals surface area contributed by atoms with Gasteiger partial charge in [-0.25, -0.2) is 0 Å². The van der Waals surface area contributed by atoms with E-state index in [-0.39, 0.29) is 24.8 Å². The van der Waals surface area contributed by atoms with Crippen LogP contribution in [0.2, 0.25) is 0 Å². The highest BCUT2D eigenvalue weighted by Crippen LogP contribution is 2.28. The quantitative estimate of drug-likeness (QED) is 0.613. The average molecular weight is 261 g/mol. The van der Waals surface area contributed by atoms with Gasteiger partial charge in [-0.2, -0.15) is 0 Å². The first-order chi connectivity index (χ1) is 9.08. The van der Waals surface area contributed by atoms with Crippen molar-refractivity contribution in [2.75, 3.05) is 20.3 Å². The molecule has 0 bridgehead atoms. The van der Waals surface area contributed by atoms with E-state index in [1.807, 2.05) is 0 Å². The molecule has 0 fully saturated rings. The van der Waals surface area contributed by atoms with E-state index in [0.717, 1.165) is 0 Å². The van der Waals surface area contributed by atoms with E-state index < -0.39 is 0 Å². The largest absolute Gasteiger partial charge is 0.493 e. The van der Waals surface area contributed by atoms with Gasteiger partial charge in [-0.1, -0.05) is 5.92 Å². The van der Waals surface area contributed by atoms with Crippen molar-refractivity contribution in [1.82, 2.24) is 5.32 Å². The number of ketones is 1. The molecule has 0 aromatic heterocycles. The summed E-state index contributed by atoms with van der Waals surface area (Å²) in [7, 11) is 1.46. The monoisotopic (exact) mass is 261 g/mol. The van der Waals surface area contributed by atoms with Gasteiger partial charge in [-0.15, -0.1) is 6.42 Å². The zero-order chi connectivity index (χ0) is 14.3. The van der Waals surface area contributed by atoms with Crippen molar-refractivity contribution in [1.29, 1.82) is 0 Å². The lowest BCUT2D eigenvalue weighted by molar-refractivity contribution is -0.122. The van der Waals surface area contributed by atoms with Gasteiger partial charge in [0.05, 0.1) is 13.7 Å². The lowest BCUT2D eigenvalue weighted by atomic mass is 10.1. The van der Waals surface area contributed by atoms with E-state index in [2.05, 4.69) is 11.2 Å². The summed E-state index contributed by atoms with van der Waals surface area (Å²) in [4.78, 5) is 22.6. The third kappa shape index (κ3) is 4.36. The SMILES string of the molecule is C#CCNC(=O)COc1ccc(C(C)=O)cc1OC. The van der Waals surface area contributed by atoms with Crippen molar-refractivity contribution in [2.24, 2.45) is 0 Å². The highest BCUT2D eigenvalue weighted by Gasteiger charge is 2.09.